The molecular weight excluding hydrogens is 306 g/mol. The maximum Gasteiger partial charge on any atom is 0.221 e. The molecule has 0 aliphatic carbocycles. The summed E-state index contributed by atoms with van der Waals surface area (Å²) < 4.78 is 0.945. The summed E-state index contributed by atoms with van der Waals surface area (Å²) in [4.78, 5) is 15.2. The summed E-state index contributed by atoms with van der Waals surface area (Å²) >= 11 is 3.50. The number of carbonyl (C=O) groups is 1. The van der Waals surface area contributed by atoms with Gasteiger partial charge in [0, 0.05) is 24.5 Å². The summed E-state index contributed by atoms with van der Waals surface area (Å²) in [5.74, 6) is 0.691. The quantitative estimate of drug-likeness (QED) is 0.903. The van der Waals surface area contributed by atoms with Gasteiger partial charge in [-0.3, -0.25) is 4.79 Å². The minimum Gasteiger partial charge on any atom is -0.339 e. The van der Waals surface area contributed by atoms with Crippen molar-refractivity contribution in [2.24, 2.45) is 0 Å². The fourth-order valence-electron chi connectivity index (χ4n) is 1.60. The highest BCUT2D eigenvalue weighted by molar-refractivity contribution is 9.10. The molecule has 0 radical (unpaired) electrons. The highest BCUT2D eigenvalue weighted by Gasteiger charge is 2.04. The van der Waals surface area contributed by atoms with Crippen LogP contribution in [0.1, 0.15) is 12.5 Å². The number of carbonyl (C=O) groups excluding carboxylic acids is 1. The maximum atomic E-state index is 10.9. The van der Waals surface area contributed by atoms with E-state index in [2.05, 4.69) is 31.5 Å². The molecule has 1 heterocycles. The van der Waals surface area contributed by atoms with Crippen molar-refractivity contribution in [3.8, 4) is 0 Å². The lowest BCUT2D eigenvalue weighted by Crippen LogP contribution is -2.05. The average molecular weight is 320 g/mol. The second-order valence-electron chi connectivity index (χ2n) is 4.17. The second kappa shape index (κ2) is 5.84. The molecule has 1 amide bonds. The van der Waals surface area contributed by atoms with Crippen molar-refractivity contribution in [3.05, 3.63) is 46.6 Å². The van der Waals surface area contributed by atoms with Gasteiger partial charge in [-0.2, -0.15) is 0 Å². The number of benzene rings is 1. The van der Waals surface area contributed by atoms with Crippen LogP contribution >= 0.6 is 15.9 Å². The van der Waals surface area contributed by atoms with E-state index in [1.165, 1.54) is 6.92 Å². The standard InChI is InChI=1S/C14H14BrN3O/c1-9-7-8-16-14(13(9)15)18-12-5-3-11(4-6-12)17-10(2)19/h3-8H,1-2H3,(H,16,18)(H,17,19). The molecule has 19 heavy (non-hydrogen) atoms. The number of hydrogen-bond acceptors (Lipinski definition) is 3. The van der Waals surface area contributed by atoms with Crippen LogP contribution in [0.2, 0.25) is 0 Å². The Balaban J connectivity index is 2.15. The molecule has 2 N–H and O–H groups in total. The molecular formula is C14H14BrN3O. The molecule has 5 heteroatoms. The predicted molar refractivity (Wildman–Crippen MR) is 80.7 cm³/mol. The molecule has 2 aromatic rings. The Morgan fingerprint density at radius 3 is 2.42 bits per heavy atom. The summed E-state index contributed by atoms with van der Waals surface area (Å²) in [6, 6.07) is 9.40. The number of amides is 1. The minimum absolute atomic E-state index is 0.0798. The van der Waals surface area contributed by atoms with Crippen LogP contribution in [0.4, 0.5) is 17.2 Å². The molecule has 98 valence electrons. The third-order valence-electron chi connectivity index (χ3n) is 2.55. The summed E-state index contributed by atoms with van der Waals surface area (Å²) in [5, 5.41) is 5.95. The normalized spacial score (nSPS) is 10.1. The van der Waals surface area contributed by atoms with E-state index in [9.17, 15) is 4.79 Å². The third kappa shape index (κ3) is 3.54. The van der Waals surface area contributed by atoms with Crippen LogP contribution in [-0.4, -0.2) is 10.9 Å². The fraction of sp³-hybridized carbons (Fsp3) is 0.143. The third-order valence-corrected chi connectivity index (χ3v) is 3.55. The zero-order chi connectivity index (χ0) is 13.8. The first-order valence-electron chi connectivity index (χ1n) is 5.82. The number of aryl methyl sites for hydroxylation is 1. The summed E-state index contributed by atoms with van der Waals surface area (Å²) in [7, 11) is 0. The molecule has 0 aliphatic heterocycles. The first kappa shape index (κ1) is 13.5. The van der Waals surface area contributed by atoms with Crippen LogP contribution in [0.5, 0.6) is 0 Å². The van der Waals surface area contributed by atoms with E-state index in [0.717, 1.165) is 27.2 Å². The molecule has 0 saturated heterocycles. The molecule has 0 bridgehead atoms. The monoisotopic (exact) mass is 319 g/mol. The summed E-state index contributed by atoms with van der Waals surface area (Å²) in [6.07, 6.45) is 1.76. The van der Waals surface area contributed by atoms with Gasteiger partial charge in [0.15, 0.2) is 0 Å². The topological polar surface area (TPSA) is 54.0 Å². The van der Waals surface area contributed by atoms with Crippen LogP contribution in [0, 0.1) is 6.92 Å². The molecule has 1 aromatic heterocycles. The van der Waals surface area contributed by atoms with E-state index in [0.29, 0.717) is 0 Å². The molecule has 0 aliphatic rings. The number of aromatic nitrogens is 1. The van der Waals surface area contributed by atoms with Crippen LogP contribution in [0.15, 0.2) is 41.0 Å². The second-order valence-corrected chi connectivity index (χ2v) is 4.97. The minimum atomic E-state index is -0.0798. The lowest BCUT2D eigenvalue weighted by molar-refractivity contribution is -0.114. The van der Waals surface area contributed by atoms with Gasteiger partial charge in [-0.1, -0.05) is 0 Å². The molecule has 4 nitrogen and oxygen atoms in total. The van der Waals surface area contributed by atoms with Crippen LogP contribution in [0.3, 0.4) is 0 Å². The van der Waals surface area contributed by atoms with E-state index >= 15 is 0 Å². The molecule has 0 atom stereocenters. The number of pyridine rings is 1. The average Bonchev–Trinajstić information content (AvgIpc) is 2.37. The van der Waals surface area contributed by atoms with Crippen molar-refractivity contribution in [3.63, 3.8) is 0 Å². The predicted octanol–water partition coefficient (Wildman–Crippen LogP) is 3.85. The van der Waals surface area contributed by atoms with E-state index in [1.807, 2.05) is 37.3 Å². The fourth-order valence-corrected chi connectivity index (χ4v) is 1.94. The van der Waals surface area contributed by atoms with Crippen LogP contribution in [-0.2, 0) is 4.79 Å². The number of nitrogens with one attached hydrogen (secondary N) is 2. The Morgan fingerprint density at radius 2 is 1.79 bits per heavy atom. The number of halogens is 1. The highest BCUT2D eigenvalue weighted by Crippen LogP contribution is 2.26. The van der Waals surface area contributed by atoms with Gasteiger partial charge < -0.3 is 10.6 Å². The van der Waals surface area contributed by atoms with Crippen molar-refractivity contribution in [2.75, 3.05) is 10.6 Å². The highest BCUT2D eigenvalue weighted by atomic mass is 79.9. The Hall–Kier alpha value is -1.88. The van der Waals surface area contributed by atoms with E-state index in [1.54, 1.807) is 6.20 Å². The van der Waals surface area contributed by atoms with Crippen molar-refractivity contribution in [2.45, 2.75) is 13.8 Å². The van der Waals surface area contributed by atoms with Gasteiger partial charge >= 0.3 is 0 Å². The molecule has 0 spiro atoms. The van der Waals surface area contributed by atoms with Gasteiger partial charge in [-0.05, 0) is 58.7 Å². The largest absolute Gasteiger partial charge is 0.339 e. The lowest BCUT2D eigenvalue weighted by atomic mass is 10.2. The first-order valence-corrected chi connectivity index (χ1v) is 6.61. The Labute approximate surface area is 120 Å². The van der Waals surface area contributed by atoms with Gasteiger partial charge in [0.2, 0.25) is 5.91 Å². The van der Waals surface area contributed by atoms with Gasteiger partial charge in [0.05, 0.1) is 4.47 Å². The SMILES string of the molecule is CC(=O)Nc1ccc(Nc2nccc(C)c2Br)cc1. The van der Waals surface area contributed by atoms with E-state index < -0.39 is 0 Å². The molecule has 1 aromatic carbocycles. The maximum absolute atomic E-state index is 10.9. The van der Waals surface area contributed by atoms with Gasteiger partial charge in [0.1, 0.15) is 5.82 Å². The smallest absolute Gasteiger partial charge is 0.221 e. The van der Waals surface area contributed by atoms with Gasteiger partial charge in [-0.25, -0.2) is 4.98 Å². The number of nitrogens with zero attached hydrogens (tertiary/aromatic N) is 1. The van der Waals surface area contributed by atoms with Crippen molar-refractivity contribution in [1.82, 2.24) is 4.98 Å². The molecule has 2 rings (SSSR count). The van der Waals surface area contributed by atoms with Crippen LogP contribution in [0.25, 0.3) is 0 Å². The Morgan fingerprint density at radius 1 is 1.16 bits per heavy atom. The zero-order valence-electron chi connectivity index (χ0n) is 10.7. The number of rotatable bonds is 3. The Bertz CT molecular complexity index is 596. The van der Waals surface area contributed by atoms with Crippen molar-refractivity contribution in [1.29, 1.82) is 0 Å². The van der Waals surface area contributed by atoms with E-state index in [-0.39, 0.29) is 5.91 Å². The molecule has 0 saturated carbocycles. The summed E-state index contributed by atoms with van der Waals surface area (Å²) in [6.45, 7) is 3.50. The molecule has 0 fully saturated rings. The van der Waals surface area contributed by atoms with Crippen molar-refractivity contribution >= 4 is 39.0 Å². The number of hydrogen-bond donors (Lipinski definition) is 2. The Kier molecular flexibility index (Phi) is 4.16. The zero-order valence-corrected chi connectivity index (χ0v) is 12.3. The summed E-state index contributed by atoms with van der Waals surface area (Å²) in [5.41, 5.74) is 2.80. The van der Waals surface area contributed by atoms with Gasteiger partial charge in [0.25, 0.3) is 0 Å². The lowest BCUT2D eigenvalue weighted by Gasteiger charge is -2.10. The van der Waals surface area contributed by atoms with Gasteiger partial charge in [-0.15, -0.1) is 0 Å². The first-order chi connectivity index (χ1) is 9.06. The van der Waals surface area contributed by atoms with Crippen molar-refractivity contribution < 1.29 is 4.79 Å². The number of anilines is 3. The van der Waals surface area contributed by atoms with E-state index in [4.69, 9.17) is 0 Å². The van der Waals surface area contributed by atoms with Crippen LogP contribution < -0.4 is 10.6 Å². The molecule has 0 unspecified atom stereocenters.